The van der Waals surface area contributed by atoms with Gasteiger partial charge < -0.3 is 5.01 Å². The summed E-state index contributed by atoms with van der Waals surface area (Å²) in [5, 5.41) is 1.97. The second-order valence-electron chi connectivity index (χ2n) is 5.78. The van der Waals surface area contributed by atoms with Crippen LogP contribution < -0.4 is 10.4 Å². The van der Waals surface area contributed by atoms with Crippen molar-refractivity contribution in [2.75, 3.05) is 18.1 Å². The smallest absolute Gasteiger partial charge is 0.221 e. The summed E-state index contributed by atoms with van der Waals surface area (Å²) in [5.41, 5.74) is 4.69. The van der Waals surface area contributed by atoms with Gasteiger partial charge in [0.05, 0.1) is 5.69 Å². The molecule has 0 radical (unpaired) electrons. The number of hydrogen-bond donors (Lipinski definition) is 1. The normalized spacial score (nSPS) is 16.7. The Morgan fingerprint density at radius 1 is 1.48 bits per heavy atom. The highest BCUT2D eigenvalue weighted by atomic mass is 79.9. The maximum Gasteiger partial charge on any atom is 0.221 e. The Morgan fingerprint density at radius 3 is 2.95 bits per heavy atom. The van der Waals surface area contributed by atoms with Crippen LogP contribution in [-0.4, -0.2) is 23.1 Å². The van der Waals surface area contributed by atoms with Crippen LogP contribution in [0.3, 0.4) is 0 Å². The molecule has 0 amide bonds. The van der Waals surface area contributed by atoms with Crippen molar-refractivity contribution in [2.45, 2.75) is 42.8 Å². The largest absolute Gasteiger partial charge is 0.306 e. The van der Waals surface area contributed by atoms with Crippen molar-refractivity contribution in [3.05, 3.63) is 22.7 Å². The topological polar surface area (TPSA) is 32.3 Å². The summed E-state index contributed by atoms with van der Waals surface area (Å²) in [6.45, 7) is 6.29. The van der Waals surface area contributed by atoms with E-state index in [4.69, 9.17) is 11.6 Å². The van der Waals surface area contributed by atoms with Crippen molar-refractivity contribution < 1.29 is 4.79 Å². The third-order valence-corrected chi connectivity index (χ3v) is 5.17. The molecule has 3 nitrogen and oxygen atoms in total. The SMILES string of the molecule is CC1(C)CN(NCCCCC(=O)Cl)c2cc(Br)ccc2S1. The van der Waals surface area contributed by atoms with Crippen molar-refractivity contribution in [3.63, 3.8) is 0 Å². The van der Waals surface area contributed by atoms with Crippen LogP contribution in [0.5, 0.6) is 0 Å². The number of nitrogens with one attached hydrogen (secondary N) is 1. The molecule has 0 bridgehead atoms. The Kier molecular flexibility index (Phi) is 6.00. The van der Waals surface area contributed by atoms with Crippen molar-refractivity contribution in [1.29, 1.82) is 0 Å². The lowest BCUT2D eigenvalue weighted by Crippen LogP contribution is -2.48. The van der Waals surface area contributed by atoms with Crippen LogP contribution in [0.4, 0.5) is 5.69 Å². The molecule has 1 aromatic rings. The lowest BCUT2D eigenvalue weighted by molar-refractivity contribution is -0.111. The summed E-state index contributed by atoms with van der Waals surface area (Å²) in [6.07, 6.45) is 2.21. The zero-order valence-electron chi connectivity index (χ0n) is 12.3. The number of fused-ring (bicyclic) bond motifs is 1. The predicted molar refractivity (Wildman–Crippen MR) is 94.1 cm³/mol. The monoisotopic (exact) mass is 390 g/mol. The van der Waals surface area contributed by atoms with E-state index in [0.29, 0.717) is 6.42 Å². The lowest BCUT2D eigenvalue weighted by atomic mass is 10.2. The molecule has 1 heterocycles. The second-order valence-corrected chi connectivity index (χ2v) is 8.87. The molecule has 21 heavy (non-hydrogen) atoms. The molecule has 0 spiro atoms. The van der Waals surface area contributed by atoms with E-state index in [-0.39, 0.29) is 9.99 Å². The first-order valence-corrected chi connectivity index (χ1v) is 9.04. The molecule has 0 saturated heterocycles. The van der Waals surface area contributed by atoms with Crippen molar-refractivity contribution in [1.82, 2.24) is 5.43 Å². The molecule has 1 aliphatic rings. The number of carbonyl (C=O) groups excluding carboxylic acids is 1. The second kappa shape index (κ2) is 7.36. The minimum absolute atomic E-state index is 0.167. The highest BCUT2D eigenvalue weighted by molar-refractivity contribution is 9.10. The summed E-state index contributed by atoms with van der Waals surface area (Å²) in [6, 6.07) is 6.39. The van der Waals surface area contributed by atoms with Gasteiger partial charge in [0.2, 0.25) is 5.24 Å². The summed E-state index contributed by atoms with van der Waals surface area (Å²) < 4.78 is 1.25. The van der Waals surface area contributed by atoms with Crippen LogP contribution in [0.2, 0.25) is 0 Å². The van der Waals surface area contributed by atoms with Crippen LogP contribution in [0.1, 0.15) is 33.1 Å². The van der Waals surface area contributed by atoms with Crippen LogP contribution >= 0.6 is 39.3 Å². The summed E-state index contributed by atoms with van der Waals surface area (Å²) >= 11 is 10.8. The minimum atomic E-state index is -0.250. The first-order valence-electron chi connectivity index (χ1n) is 7.05. The summed E-state index contributed by atoms with van der Waals surface area (Å²) in [7, 11) is 0. The Morgan fingerprint density at radius 2 is 2.24 bits per heavy atom. The van der Waals surface area contributed by atoms with Gasteiger partial charge >= 0.3 is 0 Å². The van der Waals surface area contributed by atoms with Gasteiger partial charge in [-0.2, -0.15) is 0 Å². The van der Waals surface area contributed by atoms with Crippen LogP contribution in [0, 0.1) is 0 Å². The molecule has 1 aromatic carbocycles. The molecule has 0 aliphatic carbocycles. The molecule has 0 aromatic heterocycles. The van der Waals surface area contributed by atoms with Gasteiger partial charge in [0.25, 0.3) is 0 Å². The molecule has 0 atom stereocenters. The van der Waals surface area contributed by atoms with E-state index in [1.165, 1.54) is 10.6 Å². The highest BCUT2D eigenvalue weighted by Crippen LogP contribution is 2.44. The van der Waals surface area contributed by atoms with E-state index in [1.807, 2.05) is 11.8 Å². The number of hydrazine groups is 1. The molecular formula is C15H20BrClN2OS. The Bertz CT molecular complexity index is 524. The first kappa shape index (κ1) is 17.1. The molecule has 1 aliphatic heterocycles. The third kappa shape index (κ3) is 5.16. The van der Waals surface area contributed by atoms with Gasteiger partial charge in [-0.05, 0) is 56.5 Å². The van der Waals surface area contributed by atoms with Crippen LogP contribution in [0.25, 0.3) is 0 Å². The molecule has 0 saturated carbocycles. The number of anilines is 1. The van der Waals surface area contributed by atoms with Gasteiger partial charge in [-0.3, -0.25) is 4.79 Å². The van der Waals surface area contributed by atoms with Crippen LogP contribution in [0.15, 0.2) is 27.6 Å². The fourth-order valence-corrected chi connectivity index (χ4v) is 4.01. The quantitative estimate of drug-likeness (QED) is 0.568. The van der Waals surface area contributed by atoms with E-state index in [1.54, 1.807) is 0 Å². The molecule has 1 N–H and O–H groups in total. The summed E-state index contributed by atoms with van der Waals surface area (Å²) in [5.74, 6) is 0. The maximum absolute atomic E-state index is 10.7. The van der Waals surface area contributed by atoms with E-state index in [9.17, 15) is 4.79 Å². The fraction of sp³-hybridized carbons (Fsp3) is 0.533. The zero-order valence-corrected chi connectivity index (χ0v) is 15.4. The van der Waals surface area contributed by atoms with Crippen molar-refractivity contribution in [3.8, 4) is 0 Å². The minimum Gasteiger partial charge on any atom is -0.306 e. The molecule has 2 rings (SSSR count). The number of benzene rings is 1. The molecular weight excluding hydrogens is 372 g/mol. The van der Waals surface area contributed by atoms with E-state index in [2.05, 4.69) is 58.4 Å². The van der Waals surface area contributed by atoms with Gasteiger partial charge in [-0.25, -0.2) is 5.43 Å². The number of hydrogen-bond acceptors (Lipinski definition) is 4. The number of thioether (sulfide) groups is 1. The number of nitrogens with zero attached hydrogens (tertiary/aromatic N) is 1. The number of unbranched alkanes of at least 4 members (excludes halogenated alkanes) is 1. The number of rotatable bonds is 6. The third-order valence-electron chi connectivity index (χ3n) is 3.24. The Labute approximate surface area is 143 Å². The Balaban J connectivity index is 1.98. The average Bonchev–Trinajstić information content (AvgIpc) is 2.38. The molecule has 0 unspecified atom stereocenters. The zero-order chi connectivity index (χ0) is 15.5. The molecule has 0 fully saturated rings. The lowest BCUT2D eigenvalue weighted by Gasteiger charge is -2.40. The molecule has 116 valence electrons. The van der Waals surface area contributed by atoms with E-state index < -0.39 is 0 Å². The van der Waals surface area contributed by atoms with Gasteiger partial charge in [0.1, 0.15) is 0 Å². The first-order chi connectivity index (χ1) is 9.87. The maximum atomic E-state index is 10.7. The standard InChI is InChI=1S/C15H20BrClN2OS/c1-15(2)10-19(18-8-4-3-5-14(17)20)12-9-11(16)6-7-13(12)21-15/h6-7,9,18H,3-5,8,10H2,1-2H3. The highest BCUT2D eigenvalue weighted by Gasteiger charge is 2.31. The van der Waals surface area contributed by atoms with Crippen molar-refractivity contribution >= 4 is 50.2 Å². The summed E-state index contributed by atoms with van der Waals surface area (Å²) in [4.78, 5) is 12.0. The van der Waals surface area contributed by atoms with E-state index in [0.717, 1.165) is 30.4 Å². The van der Waals surface area contributed by atoms with Gasteiger partial charge in [0, 0.05) is 33.6 Å². The van der Waals surface area contributed by atoms with Crippen LogP contribution in [-0.2, 0) is 4.79 Å². The molecule has 6 heteroatoms. The number of carbonyl (C=O) groups is 1. The predicted octanol–water partition coefficient (Wildman–Crippen LogP) is 4.58. The van der Waals surface area contributed by atoms with Gasteiger partial charge in [-0.1, -0.05) is 15.9 Å². The Hall–Kier alpha value is -0.230. The van der Waals surface area contributed by atoms with E-state index >= 15 is 0 Å². The van der Waals surface area contributed by atoms with Crippen molar-refractivity contribution in [2.24, 2.45) is 0 Å². The van der Waals surface area contributed by atoms with Gasteiger partial charge in [0.15, 0.2) is 0 Å². The number of halogens is 2. The fourth-order valence-electron chi connectivity index (χ4n) is 2.33. The average molecular weight is 392 g/mol. The van der Waals surface area contributed by atoms with Gasteiger partial charge in [-0.15, -0.1) is 11.8 Å².